The van der Waals surface area contributed by atoms with E-state index >= 15 is 0 Å². The Morgan fingerprint density at radius 2 is 0.938 bits per heavy atom. The first-order valence-electron chi connectivity index (χ1n) is 10.4. The van der Waals surface area contributed by atoms with Gasteiger partial charge in [-0.15, -0.1) is 0 Å². The molecule has 0 N–H and O–H groups in total. The Morgan fingerprint density at radius 1 is 0.469 bits per heavy atom. The zero-order valence-corrected chi connectivity index (χ0v) is 16.8. The lowest BCUT2D eigenvalue weighted by atomic mass is 10.1. The maximum absolute atomic E-state index is 6.02. The molecule has 0 saturated heterocycles. The number of benzene rings is 4. The molecule has 0 aliphatic heterocycles. The molecule has 0 amide bonds. The van der Waals surface area contributed by atoms with E-state index in [1.165, 1.54) is 0 Å². The lowest BCUT2D eigenvalue weighted by Gasteiger charge is -2.04. The molecule has 5 nitrogen and oxygen atoms in total. The second-order valence-corrected chi connectivity index (χ2v) is 7.75. The summed E-state index contributed by atoms with van der Waals surface area (Å²) in [6.07, 6.45) is 1.54. The van der Waals surface area contributed by atoms with E-state index in [9.17, 15) is 0 Å². The van der Waals surface area contributed by atoms with E-state index in [1.807, 2.05) is 60.7 Å². The summed E-state index contributed by atoms with van der Waals surface area (Å²) >= 11 is 0. The van der Waals surface area contributed by atoms with Gasteiger partial charge in [-0.25, -0.2) is 15.0 Å². The summed E-state index contributed by atoms with van der Waals surface area (Å²) in [6, 6.07) is 28.2. The SMILES string of the molecule is c1ccc2c(c1)oc1cc(-c3ncnc(-c4ccc5c(c4)oc4ccccc45)n3)ccc12. The summed E-state index contributed by atoms with van der Waals surface area (Å²) in [7, 11) is 0. The zero-order valence-electron chi connectivity index (χ0n) is 16.8. The van der Waals surface area contributed by atoms with E-state index in [-0.39, 0.29) is 0 Å². The predicted molar refractivity (Wildman–Crippen MR) is 125 cm³/mol. The van der Waals surface area contributed by atoms with Crippen LogP contribution in [-0.4, -0.2) is 15.0 Å². The van der Waals surface area contributed by atoms with Crippen LogP contribution in [0.1, 0.15) is 0 Å². The van der Waals surface area contributed by atoms with Crippen molar-refractivity contribution in [2.45, 2.75) is 0 Å². The Labute approximate surface area is 182 Å². The van der Waals surface area contributed by atoms with Crippen molar-refractivity contribution in [2.75, 3.05) is 0 Å². The molecule has 0 aliphatic rings. The molecule has 0 atom stereocenters. The van der Waals surface area contributed by atoms with Crippen molar-refractivity contribution in [3.63, 3.8) is 0 Å². The van der Waals surface area contributed by atoms with Gasteiger partial charge in [0.25, 0.3) is 0 Å². The number of fused-ring (bicyclic) bond motifs is 6. The summed E-state index contributed by atoms with van der Waals surface area (Å²) in [6.45, 7) is 0. The standard InChI is InChI=1S/C27H15N3O2/c1-3-7-22-18(5-1)20-11-9-16(13-24(20)31-22)26-28-15-29-27(30-26)17-10-12-21-19-6-2-4-8-23(19)32-25(21)14-17/h1-15H. The molecule has 0 bridgehead atoms. The molecule has 150 valence electrons. The Bertz CT molecular complexity index is 1670. The normalized spacial score (nSPS) is 11.8. The van der Waals surface area contributed by atoms with Gasteiger partial charge in [0.2, 0.25) is 0 Å². The summed E-state index contributed by atoms with van der Waals surface area (Å²) < 4.78 is 12.0. The monoisotopic (exact) mass is 413 g/mol. The third-order valence-corrected chi connectivity index (χ3v) is 5.85. The molecule has 5 heteroatoms. The highest BCUT2D eigenvalue weighted by Gasteiger charge is 2.12. The third-order valence-electron chi connectivity index (χ3n) is 5.85. The van der Waals surface area contributed by atoms with Crippen molar-refractivity contribution >= 4 is 43.9 Å². The average molecular weight is 413 g/mol. The molecule has 0 fully saturated rings. The molecule has 32 heavy (non-hydrogen) atoms. The predicted octanol–water partition coefficient (Wildman–Crippen LogP) is 7.00. The summed E-state index contributed by atoms with van der Waals surface area (Å²) in [5.41, 5.74) is 5.13. The Hall–Kier alpha value is -4.51. The topological polar surface area (TPSA) is 65.0 Å². The molecule has 0 saturated carbocycles. The van der Waals surface area contributed by atoms with Crippen LogP contribution in [0, 0.1) is 0 Å². The summed E-state index contributed by atoms with van der Waals surface area (Å²) in [5, 5.41) is 4.36. The fourth-order valence-electron chi connectivity index (χ4n) is 4.30. The molecule has 0 spiro atoms. The Kier molecular flexibility index (Phi) is 3.49. The van der Waals surface area contributed by atoms with Gasteiger partial charge in [-0.2, -0.15) is 0 Å². The minimum Gasteiger partial charge on any atom is -0.456 e. The van der Waals surface area contributed by atoms with E-state index in [2.05, 4.69) is 34.2 Å². The highest BCUT2D eigenvalue weighted by Crippen LogP contribution is 2.33. The number of hydrogen-bond donors (Lipinski definition) is 0. The first kappa shape index (κ1) is 17.2. The van der Waals surface area contributed by atoms with Crippen LogP contribution in [0.3, 0.4) is 0 Å². The van der Waals surface area contributed by atoms with Crippen LogP contribution in [-0.2, 0) is 0 Å². The molecule has 3 aromatic heterocycles. The maximum atomic E-state index is 6.02. The number of furan rings is 2. The van der Waals surface area contributed by atoms with Gasteiger partial charge in [0.05, 0.1) is 0 Å². The van der Waals surface area contributed by atoms with Crippen LogP contribution < -0.4 is 0 Å². The van der Waals surface area contributed by atoms with Gasteiger partial charge in [0, 0.05) is 32.7 Å². The van der Waals surface area contributed by atoms with Crippen LogP contribution in [0.25, 0.3) is 66.7 Å². The first-order chi connectivity index (χ1) is 15.8. The maximum Gasteiger partial charge on any atom is 0.163 e. The van der Waals surface area contributed by atoms with Gasteiger partial charge in [0.15, 0.2) is 11.6 Å². The van der Waals surface area contributed by atoms with Crippen molar-refractivity contribution in [1.29, 1.82) is 0 Å². The van der Waals surface area contributed by atoms with E-state index in [0.29, 0.717) is 11.6 Å². The molecule has 3 heterocycles. The van der Waals surface area contributed by atoms with E-state index in [0.717, 1.165) is 55.0 Å². The van der Waals surface area contributed by atoms with Crippen molar-refractivity contribution in [1.82, 2.24) is 15.0 Å². The lowest BCUT2D eigenvalue weighted by molar-refractivity contribution is 0.668. The molecular formula is C27H15N3O2. The molecule has 7 rings (SSSR count). The number of aromatic nitrogens is 3. The summed E-state index contributed by atoms with van der Waals surface area (Å²) in [5.74, 6) is 1.20. The summed E-state index contributed by atoms with van der Waals surface area (Å²) in [4.78, 5) is 13.5. The molecule has 7 aromatic rings. The molecule has 0 unspecified atom stereocenters. The number of hydrogen-bond acceptors (Lipinski definition) is 5. The van der Waals surface area contributed by atoms with E-state index in [1.54, 1.807) is 6.33 Å². The average Bonchev–Trinajstić information content (AvgIpc) is 3.41. The number of para-hydroxylation sites is 2. The van der Waals surface area contributed by atoms with Gasteiger partial charge in [0.1, 0.15) is 28.7 Å². The quantitative estimate of drug-likeness (QED) is 0.305. The van der Waals surface area contributed by atoms with Gasteiger partial charge >= 0.3 is 0 Å². The van der Waals surface area contributed by atoms with Crippen molar-refractivity contribution in [3.05, 3.63) is 91.3 Å². The second-order valence-electron chi connectivity index (χ2n) is 7.75. The van der Waals surface area contributed by atoms with Gasteiger partial charge in [-0.05, 0) is 36.4 Å². The third kappa shape index (κ3) is 2.55. The van der Waals surface area contributed by atoms with Gasteiger partial charge in [-0.3, -0.25) is 0 Å². The van der Waals surface area contributed by atoms with Crippen LogP contribution in [0.4, 0.5) is 0 Å². The molecule has 4 aromatic carbocycles. The van der Waals surface area contributed by atoms with E-state index < -0.39 is 0 Å². The van der Waals surface area contributed by atoms with Crippen molar-refractivity contribution in [2.24, 2.45) is 0 Å². The van der Waals surface area contributed by atoms with Crippen LogP contribution in [0.15, 0.2) is 100 Å². The Morgan fingerprint density at radius 3 is 1.47 bits per heavy atom. The fourth-order valence-corrected chi connectivity index (χ4v) is 4.30. The molecule has 0 aliphatic carbocycles. The Balaban J connectivity index is 1.34. The minimum atomic E-state index is 0.599. The van der Waals surface area contributed by atoms with Crippen LogP contribution in [0.2, 0.25) is 0 Å². The zero-order chi connectivity index (χ0) is 21.1. The highest BCUT2D eigenvalue weighted by atomic mass is 16.3. The largest absolute Gasteiger partial charge is 0.456 e. The number of rotatable bonds is 2. The van der Waals surface area contributed by atoms with Crippen LogP contribution >= 0.6 is 0 Å². The number of nitrogens with zero attached hydrogens (tertiary/aromatic N) is 3. The van der Waals surface area contributed by atoms with Crippen molar-refractivity contribution < 1.29 is 8.83 Å². The van der Waals surface area contributed by atoms with E-state index in [4.69, 9.17) is 13.8 Å². The van der Waals surface area contributed by atoms with Gasteiger partial charge in [-0.1, -0.05) is 48.5 Å². The fraction of sp³-hybridized carbons (Fsp3) is 0. The smallest absolute Gasteiger partial charge is 0.163 e. The molecule has 0 radical (unpaired) electrons. The van der Waals surface area contributed by atoms with Gasteiger partial charge < -0.3 is 8.83 Å². The highest BCUT2D eigenvalue weighted by molar-refractivity contribution is 6.06. The first-order valence-corrected chi connectivity index (χ1v) is 10.4. The van der Waals surface area contributed by atoms with Crippen molar-refractivity contribution in [3.8, 4) is 22.8 Å². The minimum absolute atomic E-state index is 0.599. The van der Waals surface area contributed by atoms with Crippen LogP contribution in [0.5, 0.6) is 0 Å². The second kappa shape index (κ2) is 6.49. The molecular weight excluding hydrogens is 398 g/mol. The lowest BCUT2D eigenvalue weighted by Crippen LogP contribution is -1.95.